The summed E-state index contributed by atoms with van der Waals surface area (Å²) in [6, 6.07) is 5.42. The Labute approximate surface area is 99.1 Å². The molecule has 2 rings (SSSR count). The summed E-state index contributed by atoms with van der Waals surface area (Å²) in [4.78, 5) is 11.6. The van der Waals surface area contributed by atoms with Crippen LogP contribution in [0.4, 0.5) is 0 Å². The number of ether oxygens (including phenoxy) is 2. The van der Waals surface area contributed by atoms with Crippen LogP contribution < -0.4 is 4.74 Å². The topological polar surface area (TPSA) is 48.7 Å². The second-order valence-electron chi connectivity index (χ2n) is 3.64. The molecule has 0 bridgehead atoms. The minimum Gasteiger partial charge on any atom is -0.497 e. The van der Waals surface area contributed by atoms with E-state index < -0.39 is 5.97 Å². The summed E-state index contributed by atoms with van der Waals surface area (Å²) < 4.78 is 15.6. The van der Waals surface area contributed by atoms with E-state index in [9.17, 15) is 4.79 Å². The van der Waals surface area contributed by atoms with Gasteiger partial charge in [-0.3, -0.25) is 0 Å². The van der Waals surface area contributed by atoms with Gasteiger partial charge in [-0.05, 0) is 32.0 Å². The van der Waals surface area contributed by atoms with E-state index in [1.165, 1.54) is 0 Å². The third kappa shape index (κ3) is 1.98. The molecule has 0 aliphatic carbocycles. The molecule has 0 spiro atoms. The van der Waals surface area contributed by atoms with Crippen molar-refractivity contribution in [3.8, 4) is 5.75 Å². The third-order valence-corrected chi connectivity index (χ3v) is 2.60. The lowest BCUT2D eigenvalue weighted by atomic mass is 10.1. The van der Waals surface area contributed by atoms with Crippen LogP contribution in [-0.2, 0) is 4.74 Å². The van der Waals surface area contributed by atoms with Crippen LogP contribution in [0.25, 0.3) is 11.0 Å². The van der Waals surface area contributed by atoms with Gasteiger partial charge in [0.2, 0.25) is 5.76 Å². The highest BCUT2D eigenvalue weighted by Crippen LogP contribution is 2.29. The van der Waals surface area contributed by atoms with Crippen LogP contribution in [0.1, 0.15) is 23.0 Å². The van der Waals surface area contributed by atoms with E-state index in [0.29, 0.717) is 12.2 Å². The SMILES string of the molecule is CCOC(=O)c1oc2ccc(OC)cc2c1C. The molecule has 0 saturated heterocycles. The number of esters is 1. The summed E-state index contributed by atoms with van der Waals surface area (Å²) in [5.41, 5.74) is 1.43. The fourth-order valence-electron chi connectivity index (χ4n) is 1.72. The Morgan fingerprint density at radius 2 is 2.18 bits per heavy atom. The van der Waals surface area contributed by atoms with Crippen LogP contribution in [0.2, 0.25) is 0 Å². The van der Waals surface area contributed by atoms with Gasteiger partial charge in [-0.1, -0.05) is 0 Å². The molecule has 90 valence electrons. The van der Waals surface area contributed by atoms with Crippen molar-refractivity contribution in [1.82, 2.24) is 0 Å². The van der Waals surface area contributed by atoms with Crippen LogP contribution in [0.5, 0.6) is 5.75 Å². The van der Waals surface area contributed by atoms with Gasteiger partial charge < -0.3 is 13.9 Å². The summed E-state index contributed by atoms with van der Waals surface area (Å²) in [5.74, 6) is 0.562. The Morgan fingerprint density at radius 1 is 1.41 bits per heavy atom. The maximum atomic E-state index is 11.6. The maximum Gasteiger partial charge on any atom is 0.374 e. The van der Waals surface area contributed by atoms with E-state index in [2.05, 4.69) is 0 Å². The molecule has 0 aliphatic heterocycles. The fourth-order valence-corrected chi connectivity index (χ4v) is 1.72. The van der Waals surface area contributed by atoms with E-state index in [1.807, 2.05) is 13.0 Å². The van der Waals surface area contributed by atoms with E-state index in [4.69, 9.17) is 13.9 Å². The summed E-state index contributed by atoms with van der Waals surface area (Å²) in [6.07, 6.45) is 0. The summed E-state index contributed by atoms with van der Waals surface area (Å²) in [6.45, 7) is 3.93. The normalized spacial score (nSPS) is 10.5. The van der Waals surface area contributed by atoms with Crippen LogP contribution in [-0.4, -0.2) is 19.7 Å². The molecule has 17 heavy (non-hydrogen) atoms. The summed E-state index contributed by atoms with van der Waals surface area (Å²) in [5, 5.41) is 0.868. The third-order valence-electron chi connectivity index (χ3n) is 2.60. The number of hydrogen-bond donors (Lipinski definition) is 0. The van der Waals surface area contributed by atoms with E-state index >= 15 is 0 Å². The van der Waals surface area contributed by atoms with Crippen molar-refractivity contribution in [3.05, 3.63) is 29.5 Å². The number of hydrogen-bond acceptors (Lipinski definition) is 4. The van der Waals surface area contributed by atoms with Gasteiger partial charge in [0.05, 0.1) is 13.7 Å². The predicted octanol–water partition coefficient (Wildman–Crippen LogP) is 2.93. The predicted molar refractivity (Wildman–Crippen MR) is 63.5 cm³/mol. The first-order valence-corrected chi connectivity index (χ1v) is 5.41. The average Bonchev–Trinajstić information content (AvgIpc) is 2.67. The highest BCUT2D eigenvalue weighted by Gasteiger charge is 2.18. The number of rotatable bonds is 3. The molecule has 4 nitrogen and oxygen atoms in total. The minimum absolute atomic E-state index is 0.259. The molecule has 0 amide bonds. The molecule has 4 heteroatoms. The first-order valence-electron chi connectivity index (χ1n) is 5.41. The highest BCUT2D eigenvalue weighted by atomic mass is 16.5. The van der Waals surface area contributed by atoms with Gasteiger partial charge in [0, 0.05) is 10.9 Å². The highest BCUT2D eigenvalue weighted by molar-refractivity contribution is 5.96. The van der Waals surface area contributed by atoms with Gasteiger partial charge in [-0.15, -0.1) is 0 Å². The summed E-state index contributed by atoms with van der Waals surface area (Å²) in [7, 11) is 1.60. The first kappa shape index (κ1) is 11.5. The molecule has 0 aliphatic rings. The van der Waals surface area contributed by atoms with Crippen molar-refractivity contribution >= 4 is 16.9 Å². The summed E-state index contributed by atoms with van der Waals surface area (Å²) >= 11 is 0. The molecule has 1 aromatic heterocycles. The van der Waals surface area contributed by atoms with E-state index in [0.717, 1.165) is 16.7 Å². The van der Waals surface area contributed by atoms with Crippen LogP contribution >= 0.6 is 0 Å². The number of aryl methyl sites for hydroxylation is 1. The lowest BCUT2D eigenvalue weighted by Crippen LogP contribution is -2.04. The molecule has 0 N–H and O–H groups in total. The van der Waals surface area contributed by atoms with Crippen LogP contribution in [0.3, 0.4) is 0 Å². The van der Waals surface area contributed by atoms with Gasteiger partial charge in [0.15, 0.2) is 0 Å². The largest absolute Gasteiger partial charge is 0.497 e. The van der Waals surface area contributed by atoms with Gasteiger partial charge in [-0.2, -0.15) is 0 Å². The monoisotopic (exact) mass is 234 g/mol. The molecule has 1 heterocycles. The average molecular weight is 234 g/mol. The van der Waals surface area contributed by atoms with Crippen molar-refractivity contribution in [2.75, 3.05) is 13.7 Å². The fraction of sp³-hybridized carbons (Fsp3) is 0.308. The molecule has 1 aromatic carbocycles. The van der Waals surface area contributed by atoms with E-state index in [-0.39, 0.29) is 5.76 Å². The van der Waals surface area contributed by atoms with Crippen LogP contribution in [0, 0.1) is 6.92 Å². The zero-order valence-corrected chi connectivity index (χ0v) is 10.1. The van der Waals surface area contributed by atoms with Gasteiger partial charge >= 0.3 is 5.97 Å². The number of carbonyl (C=O) groups excluding carboxylic acids is 1. The quantitative estimate of drug-likeness (QED) is 0.766. The molecule has 0 radical (unpaired) electrons. The minimum atomic E-state index is -0.430. The number of methoxy groups -OCH3 is 1. The Hall–Kier alpha value is -1.97. The number of carbonyl (C=O) groups is 1. The van der Waals surface area contributed by atoms with Crippen molar-refractivity contribution in [3.63, 3.8) is 0 Å². The maximum absolute atomic E-state index is 11.6. The van der Waals surface area contributed by atoms with Crippen molar-refractivity contribution < 1.29 is 18.7 Å². The Kier molecular flexibility index (Phi) is 3.04. The lowest BCUT2D eigenvalue weighted by Gasteiger charge is -1.98. The number of furan rings is 1. The smallest absolute Gasteiger partial charge is 0.374 e. The van der Waals surface area contributed by atoms with Gasteiger partial charge in [0.25, 0.3) is 0 Å². The molecule has 2 aromatic rings. The zero-order chi connectivity index (χ0) is 12.4. The molecule has 0 atom stereocenters. The van der Waals surface area contributed by atoms with Gasteiger partial charge in [0.1, 0.15) is 11.3 Å². The van der Waals surface area contributed by atoms with Gasteiger partial charge in [-0.25, -0.2) is 4.79 Å². The van der Waals surface area contributed by atoms with E-state index in [1.54, 1.807) is 26.2 Å². The number of fused-ring (bicyclic) bond motifs is 1. The second-order valence-corrected chi connectivity index (χ2v) is 3.64. The molecule has 0 unspecified atom stereocenters. The first-order chi connectivity index (χ1) is 8.17. The standard InChI is InChI=1S/C13H14O4/c1-4-16-13(14)12-8(2)10-7-9(15-3)5-6-11(10)17-12/h5-7H,4H2,1-3H3. The molecular weight excluding hydrogens is 220 g/mol. The molecule has 0 saturated carbocycles. The second kappa shape index (κ2) is 4.49. The van der Waals surface area contributed by atoms with Crippen molar-refractivity contribution in [1.29, 1.82) is 0 Å². The molecule has 0 fully saturated rings. The Bertz CT molecular complexity index is 554. The Morgan fingerprint density at radius 3 is 2.82 bits per heavy atom. The van der Waals surface area contributed by atoms with Crippen molar-refractivity contribution in [2.24, 2.45) is 0 Å². The zero-order valence-electron chi connectivity index (χ0n) is 10.1. The lowest BCUT2D eigenvalue weighted by molar-refractivity contribution is 0.0491. The van der Waals surface area contributed by atoms with Crippen molar-refractivity contribution in [2.45, 2.75) is 13.8 Å². The number of benzene rings is 1. The Balaban J connectivity index is 2.53. The molecular formula is C13H14O4. The van der Waals surface area contributed by atoms with Crippen LogP contribution in [0.15, 0.2) is 22.6 Å².